The molecule has 0 spiro atoms. The van der Waals surface area contributed by atoms with Crippen LogP contribution >= 0.6 is 0 Å². The number of hydrogen-bond donors (Lipinski definition) is 3. The summed E-state index contributed by atoms with van der Waals surface area (Å²) in [5, 5.41) is 6.96. The summed E-state index contributed by atoms with van der Waals surface area (Å²) >= 11 is 0. The van der Waals surface area contributed by atoms with Crippen molar-refractivity contribution in [3.05, 3.63) is 5.92 Å². The third kappa shape index (κ3) is 7.91. The van der Waals surface area contributed by atoms with Gasteiger partial charge in [0.15, 0.2) is 0 Å². The van der Waals surface area contributed by atoms with Crippen LogP contribution in [0.5, 0.6) is 0 Å². The molecule has 4 unspecified atom stereocenters. The highest BCUT2D eigenvalue weighted by Crippen LogP contribution is 2.24. The molecule has 0 aliphatic carbocycles. The fraction of sp³-hybridized carbons (Fsp3) is 0.938. The Hall–Kier alpha value is -0.120. The van der Waals surface area contributed by atoms with Crippen molar-refractivity contribution < 1.29 is 0 Å². The topological polar surface area (TPSA) is 50.1 Å². The third-order valence-electron chi connectivity index (χ3n) is 4.04. The molecule has 0 heterocycles. The van der Waals surface area contributed by atoms with Crippen molar-refractivity contribution in [1.29, 1.82) is 0 Å². The van der Waals surface area contributed by atoms with Crippen molar-refractivity contribution in [2.75, 3.05) is 6.54 Å². The summed E-state index contributed by atoms with van der Waals surface area (Å²) in [5.41, 5.74) is 6.00. The normalized spacial score (nSPS) is 18.6. The second-order valence-electron chi connectivity index (χ2n) is 6.53. The molecule has 116 valence electrons. The van der Waals surface area contributed by atoms with Gasteiger partial charge in [0.2, 0.25) is 0 Å². The van der Waals surface area contributed by atoms with Crippen LogP contribution < -0.4 is 16.4 Å². The smallest absolute Gasteiger partial charge is 0.0532 e. The number of nitrogens with two attached hydrogens (primary N) is 1. The molecule has 0 amide bonds. The van der Waals surface area contributed by atoms with Gasteiger partial charge in [-0.25, -0.2) is 0 Å². The first kappa shape index (κ1) is 18.9. The minimum Gasteiger partial charge on any atom is -0.343 e. The van der Waals surface area contributed by atoms with E-state index in [-0.39, 0.29) is 12.3 Å². The molecule has 19 heavy (non-hydrogen) atoms. The van der Waals surface area contributed by atoms with Gasteiger partial charge in [-0.1, -0.05) is 46.7 Å². The summed E-state index contributed by atoms with van der Waals surface area (Å²) in [6.07, 6.45) is 2.81. The van der Waals surface area contributed by atoms with Crippen molar-refractivity contribution in [2.45, 2.75) is 73.6 Å². The predicted molar refractivity (Wildman–Crippen MR) is 85.6 cm³/mol. The first-order chi connectivity index (χ1) is 8.79. The third-order valence-corrected chi connectivity index (χ3v) is 4.04. The quantitative estimate of drug-likeness (QED) is 0.422. The largest absolute Gasteiger partial charge is 0.343 e. The van der Waals surface area contributed by atoms with E-state index in [2.05, 4.69) is 59.1 Å². The van der Waals surface area contributed by atoms with Crippen molar-refractivity contribution in [3.8, 4) is 0 Å². The highest BCUT2D eigenvalue weighted by Gasteiger charge is 2.20. The summed E-state index contributed by atoms with van der Waals surface area (Å²) in [4.78, 5) is 0. The van der Waals surface area contributed by atoms with E-state index in [0.717, 1.165) is 24.3 Å². The molecule has 3 nitrogen and oxygen atoms in total. The van der Waals surface area contributed by atoms with E-state index in [1.165, 1.54) is 18.8 Å². The van der Waals surface area contributed by atoms with Crippen molar-refractivity contribution in [1.82, 2.24) is 10.6 Å². The molecule has 4 N–H and O–H groups in total. The molecule has 0 fully saturated rings. The van der Waals surface area contributed by atoms with Crippen molar-refractivity contribution >= 4 is 0 Å². The summed E-state index contributed by atoms with van der Waals surface area (Å²) in [6.45, 7) is 16.6. The second-order valence-corrected chi connectivity index (χ2v) is 6.53. The molecule has 0 radical (unpaired) electrons. The van der Waals surface area contributed by atoms with E-state index < -0.39 is 0 Å². The van der Waals surface area contributed by atoms with Crippen LogP contribution in [-0.2, 0) is 0 Å². The molecule has 0 bridgehead atoms. The Bertz CT molecular complexity index is 216. The number of nitrogens with one attached hydrogen (secondary N) is 2. The van der Waals surface area contributed by atoms with Gasteiger partial charge >= 0.3 is 0 Å². The first-order valence-corrected chi connectivity index (χ1v) is 7.84. The Morgan fingerprint density at radius 2 is 1.68 bits per heavy atom. The molecule has 0 saturated heterocycles. The van der Waals surface area contributed by atoms with Gasteiger partial charge in [-0.2, -0.15) is 13.8 Å². The fourth-order valence-electron chi connectivity index (χ4n) is 2.57. The molecule has 0 saturated carbocycles. The van der Waals surface area contributed by atoms with E-state index >= 15 is 0 Å². The molecule has 0 aromatic rings. The standard InChI is InChI=1S/C16H36N3/c1-8-9-13(6)15(11(2)3)10-18-14(7)19-16(17)12(4)5/h11,13-16,18-19H,8-10,17H2,1-7H3/q-1. The highest BCUT2D eigenvalue weighted by atomic mass is 15.2. The maximum absolute atomic E-state index is 6.00. The van der Waals surface area contributed by atoms with E-state index in [0.29, 0.717) is 0 Å². The lowest BCUT2D eigenvalue weighted by molar-refractivity contribution is 0.232. The van der Waals surface area contributed by atoms with Gasteiger partial charge in [0.25, 0.3) is 0 Å². The van der Waals surface area contributed by atoms with Crippen LogP contribution in [0.1, 0.15) is 61.3 Å². The Morgan fingerprint density at radius 3 is 2.11 bits per heavy atom. The lowest BCUT2D eigenvalue weighted by Crippen LogP contribution is -2.52. The van der Waals surface area contributed by atoms with Crippen LogP contribution in [0.15, 0.2) is 0 Å². The van der Waals surface area contributed by atoms with Gasteiger partial charge in [0, 0.05) is 0 Å². The van der Waals surface area contributed by atoms with Crippen molar-refractivity contribution in [3.63, 3.8) is 0 Å². The zero-order chi connectivity index (χ0) is 15.0. The van der Waals surface area contributed by atoms with E-state index in [1.807, 2.05) is 0 Å². The Labute approximate surface area is 121 Å². The molecular formula is C16H36N3-. The Balaban J connectivity index is 4.17. The minimum absolute atomic E-state index is 0.0203. The molecule has 4 atom stereocenters. The molecule has 0 aliphatic rings. The predicted octanol–water partition coefficient (Wildman–Crippen LogP) is 3.12. The Morgan fingerprint density at radius 1 is 1.11 bits per heavy atom. The van der Waals surface area contributed by atoms with Gasteiger partial charge < -0.3 is 16.4 Å². The van der Waals surface area contributed by atoms with Crippen molar-refractivity contribution in [2.24, 2.45) is 23.5 Å². The maximum atomic E-state index is 6.00. The van der Waals surface area contributed by atoms with Gasteiger partial charge in [-0.05, 0) is 31.2 Å². The van der Waals surface area contributed by atoms with Gasteiger partial charge in [0.05, 0.1) is 6.17 Å². The molecule has 0 aromatic carbocycles. The highest BCUT2D eigenvalue weighted by molar-refractivity contribution is 4.89. The van der Waals surface area contributed by atoms with Gasteiger partial charge in [0.1, 0.15) is 0 Å². The van der Waals surface area contributed by atoms with Crippen LogP contribution in [0.4, 0.5) is 0 Å². The minimum atomic E-state index is -0.0203. The van der Waals surface area contributed by atoms with Crippen LogP contribution in [0.25, 0.3) is 0 Å². The summed E-state index contributed by atoms with van der Waals surface area (Å²) in [6, 6.07) is 0. The SMILES string of the molecule is CCCC(C)C(CNC(C)NC(N)[C-](C)C)C(C)C. The van der Waals surface area contributed by atoms with Gasteiger partial charge in [-0.3, -0.25) is 5.92 Å². The van der Waals surface area contributed by atoms with E-state index in [4.69, 9.17) is 5.73 Å². The van der Waals surface area contributed by atoms with Crippen LogP contribution in [0, 0.1) is 23.7 Å². The first-order valence-electron chi connectivity index (χ1n) is 7.84. The molecular weight excluding hydrogens is 234 g/mol. The molecule has 0 aromatic heterocycles. The average Bonchev–Trinajstić information content (AvgIpc) is 2.28. The lowest BCUT2D eigenvalue weighted by atomic mass is 9.82. The molecule has 3 heteroatoms. The van der Waals surface area contributed by atoms with Crippen LogP contribution in [0.2, 0.25) is 0 Å². The van der Waals surface area contributed by atoms with Gasteiger partial charge in [-0.15, -0.1) is 0 Å². The number of hydrogen-bond acceptors (Lipinski definition) is 3. The van der Waals surface area contributed by atoms with E-state index in [1.54, 1.807) is 0 Å². The lowest BCUT2D eigenvalue weighted by Gasteiger charge is -2.34. The van der Waals surface area contributed by atoms with Crippen LogP contribution in [0.3, 0.4) is 0 Å². The monoisotopic (exact) mass is 270 g/mol. The summed E-state index contributed by atoms with van der Waals surface area (Å²) in [7, 11) is 0. The zero-order valence-corrected chi connectivity index (χ0v) is 14.1. The fourth-order valence-corrected chi connectivity index (χ4v) is 2.57. The summed E-state index contributed by atoms with van der Waals surface area (Å²) < 4.78 is 0. The number of rotatable bonds is 10. The Kier molecular flexibility index (Phi) is 9.67. The van der Waals surface area contributed by atoms with Crippen LogP contribution in [-0.4, -0.2) is 18.9 Å². The maximum Gasteiger partial charge on any atom is 0.0532 e. The molecule has 0 aliphatic heterocycles. The zero-order valence-electron chi connectivity index (χ0n) is 14.1. The summed E-state index contributed by atoms with van der Waals surface area (Å²) in [5.74, 6) is 3.44. The molecule has 0 rings (SSSR count). The van der Waals surface area contributed by atoms with E-state index in [9.17, 15) is 0 Å². The average molecular weight is 270 g/mol. The second kappa shape index (κ2) is 9.73.